The number of carbonyl (C=O) groups excluding carboxylic acids is 1. The van der Waals surface area contributed by atoms with Crippen LogP contribution < -0.4 is 0 Å². The minimum atomic E-state index is -0.433. The quantitative estimate of drug-likeness (QED) is 0.344. The van der Waals surface area contributed by atoms with Gasteiger partial charge in [0.05, 0.1) is 12.7 Å². The largest absolute Gasteiger partial charge is 0.462 e. The number of aliphatic hydroxyl groups is 3. The molecule has 0 radical (unpaired) electrons. The molecule has 4 aliphatic rings. The molecular formula is C22H33BrO5. The average Bonchev–Trinajstić information content (AvgIpc) is 3.39. The van der Waals surface area contributed by atoms with Crippen LogP contribution in [0.3, 0.4) is 0 Å². The van der Waals surface area contributed by atoms with Gasteiger partial charge in [-0.15, -0.1) is 0 Å². The Labute approximate surface area is 175 Å². The summed E-state index contributed by atoms with van der Waals surface area (Å²) in [6, 6.07) is 0. The Balaban J connectivity index is 1.71. The van der Waals surface area contributed by atoms with Gasteiger partial charge in [-0.05, 0) is 48.9 Å². The van der Waals surface area contributed by atoms with Crippen molar-refractivity contribution >= 4 is 21.9 Å². The Morgan fingerprint density at radius 3 is 2.64 bits per heavy atom. The number of esters is 1. The van der Waals surface area contributed by atoms with Gasteiger partial charge in [0.2, 0.25) is 0 Å². The molecule has 9 unspecified atom stereocenters. The van der Waals surface area contributed by atoms with Crippen LogP contribution in [0.2, 0.25) is 0 Å². The third kappa shape index (κ3) is 2.85. The highest BCUT2D eigenvalue weighted by Gasteiger charge is 2.72. The van der Waals surface area contributed by atoms with Gasteiger partial charge in [-0.1, -0.05) is 41.4 Å². The molecule has 3 saturated carbocycles. The smallest absolute Gasteiger partial charge is 0.302 e. The molecule has 9 atom stereocenters. The van der Waals surface area contributed by atoms with Gasteiger partial charge >= 0.3 is 5.97 Å². The minimum absolute atomic E-state index is 0.00715. The molecule has 158 valence electrons. The van der Waals surface area contributed by atoms with Crippen LogP contribution in [0.15, 0.2) is 11.6 Å². The number of rotatable bonds is 4. The first-order valence-electron chi connectivity index (χ1n) is 10.5. The normalized spacial score (nSPS) is 50.5. The van der Waals surface area contributed by atoms with Crippen molar-refractivity contribution in [2.45, 2.75) is 69.9 Å². The molecule has 0 aromatic rings. The van der Waals surface area contributed by atoms with Crippen LogP contribution in [0.5, 0.6) is 0 Å². The fourth-order valence-corrected chi connectivity index (χ4v) is 7.48. The molecule has 28 heavy (non-hydrogen) atoms. The average molecular weight is 457 g/mol. The molecule has 3 N–H and O–H groups in total. The summed E-state index contributed by atoms with van der Waals surface area (Å²) in [5.74, 6) is 0.212. The van der Waals surface area contributed by atoms with Crippen molar-refractivity contribution in [3.63, 3.8) is 0 Å². The van der Waals surface area contributed by atoms with Crippen LogP contribution in [0.4, 0.5) is 0 Å². The monoisotopic (exact) mass is 456 g/mol. The van der Waals surface area contributed by atoms with Crippen molar-refractivity contribution in [1.29, 1.82) is 0 Å². The zero-order valence-corrected chi connectivity index (χ0v) is 18.6. The lowest BCUT2D eigenvalue weighted by atomic mass is 9.48. The maximum atomic E-state index is 11.7. The zero-order chi connectivity index (χ0) is 20.5. The first kappa shape index (κ1) is 20.8. The Morgan fingerprint density at radius 1 is 1.32 bits per heavy atom. The maximum absolute atomic E-state index is 11.7. The fraction of sp³-hybridized carbons (Fsp3) is 0.864. The minimum Gasteiger partial charge on any atom is -0.462 e. The molecule has 0 aromatic carbocycles. The number of allylic oxidation sites excluding steroid dienone is 1. The summed E-state index contributed by atoms with van der Waals surface area (Å²) < 4.78 is 5.71. The molecule has 4 rings (SSSR count). The van der Waals surface area contributed by atoms with Gasteiger partial charge in [-0.3, -0.25) is 4.79 Å². The van der Waals surface area contributed by atoms with Crippen LogP contribution in [0.1, 0.15) is 52.9 Å². The van der Waals surface area contributed by atoms with E-state index in [-0.39, 0.29) is 64.1 Å². The summed E-state index contributed by atoms with van der Waals surface area (Å²) >= 11 is 3.63. The summed E-state index contributed by atoms with van der Waals surface area (Å²) in [4.78, 5) is 11.7. The molecule has 3 fully saturated rings. The van der Waals surface area contributed by atoms with Crippen molar-refractivity contribution in [3.8, 4) is 0 Å². The maximum Gasteiger partial charge on any atom is 0.302 e. The van der Waals surface area contributed by atoms with E-state index in [1.54, 1.807) is 0 Å². The Kier molecular flexibility index (Phi) is 5.05. The Hall–Kier alpha value is -0.430. The number of carbonyl (C=O) groups is 1. The van der Waals surface area contributed by atoms with E-state index in [0.29, 0.717) is 6.42 Å². The van der Waals surface area contributed by atoms with Gasteiger partial charge < -0.3 is 20.1 Å². The molecule has 0 aliphatic heterocycles. The molecule has 0 bridgehead atoms. The predicted molar refractivity (Wildman–Crippen MR) is 109 cm³/mol. The fourth-order valence-electron chi connectivity index (χ4n) is 7.10. The molecule has 0 heterocycles. The zero-order valence-electron chi connectivity index (χ0n) is 17.0. The van der Waals surface area contributed by atoms with Gasteiger partial charge in [-0.2, -0.15) is 0 Å². The predicted octanol–water partition coefficient (Wildman–Crippen LogP) is 2.81. The van der Waals surface area contributed by atoms with Gasteiger partial charge in [0.15, 0.2) is 0 Å². The van der Waals surface area contributed by atoms with Crippen molar-refractivity contribution in [3.05, 3.63) is 11.6 Å². The van der Waals surface area contributed by atoms with Crippen LogP contribution in [0.25, 0.3) is 0 Å². The van der Waals surface area contributed by atoms with E-state index >= 15 is 0 Å². The lowest BCUT2D eigenvalue weighted by Crippen LogP contribution is -2.56. The number of fused-ring (bicyclic) bond motifs is 5. The number of aliphatic hydroxyl groups excluding tert-OH is 3. The van der Waals surface area contributed by atoms with Crippen LogP contribution in [-0.2, 0) is 9.53 Å². The molecule has 6 heteroatoms. The number of ether oxygens (including phenoxy) is 1. The topological polar surface area (TPSA) is 87.0 Å². The van der Waals surface area contributed by atoms with Gasteiger partial charge in [0, 0.05) is 35.6 Å². The molecule has 0 amide bonds. The second kappa shape index (κ2) is 6.79. The van der Waals surface area contributed by atoms with E-state index < -0.39 is 6.10 Å². The molecular weight excluding hydrogens is 424 g/mol. The number of alkyl halides is 1. The third-order valence-electron chi connectivity index (χ3n) is 8.72. The van der Waals surface area contributed by atoms with Gasteiger partial charge in [0.25, 0.3) is 0 Å². The second-order valence-corrected chi connectivity index (χ2v) is 11.4. The Bertz CT molecular complexity index is 694. The van der Waals surface area contributed by atoms with Gasteiger partial charge in [0.1, 0.15) is 6.10 Å². The van der Waals surface area contributed by atoms with Crippen molar-refractivity contribution in [1.82, 2.24) is 0 Å². The molecule has 0 spiro atoms. The lowest BCUT2D eigenvalue weighted by molar-refractivity contribution is -0.158. The number of hydrogen-bond acceptors (Lipinski definition) is 5. The van der Waals surface area contributed by atoms with Crippen LogP contribution in [0, 0.1) is 34.0 Å². The van der Waals surface area contributed by atoms with Crippen molar-refractivity contribution in [2.24, 2.45) is 34.0 Å². The summed E-state index contributed by atoms with van der Waals surface area (Å²) in [5, 5.41) is 31.1. The molecule has 0 saturated heterocycles. The van der Waals surface area contributed by atoms with Gasteiger partial charge in [-0.25, -0.2) is 0 Å². The molecule has 4 aliphatic carbocycles. The highest BCUT2D eigenvalue weighted by molar-refractivity contribution is 9.09. The first-order chi connectivity index (χ1) is 13.1. The lowest BCUT2D eigenvalue weighted by Gasteiger charge is -2.58. The summed E-state index contributed by atoms with van der Waals surface area (Å²) in [7, 11) is 0. The summed E-state index contributed by atoms with van der Waals surface area (Å²) in [6.45, 7) is 6.05. The highest BCUT2D eigenvalue weighted by Crippen LogP contribution is 2.74. The van der Waals surface area contributed by atoms with Crippen LogP contribution in [-0.4, -0.2) is 51.5 Å². The van der Waals surface area contributed by atoms with E-state index in [4.69, 9.17) is 4.74 Å². The molecule has 0 aromatic heterocycles. The van der Waals surface area contributed by atoms with Crippen molar-refractivity contribution in [2.75, 3.05) is 13.2 Å². The van der Waals surface area contributed by atoms with E-state index in [1.165, 1.54) is 12.5 Å². The number of hydrogen-bond donors (Lipinski definition) is 3. The third-order valence-corrected chi connectivity index (χ3v) is 10.1. The molecule has 5 nitrogen and oxygen atoms in total. The summed E-state index contributed by atoms with van der Waals surface area (Å²) in [5.41, 5.74) is 0.765. The Morgan fingerprint density at radius 2 is 2.04 bits per heavy atom. The SMILES string of the molecule is CC(=O)OC1CC2(C)C3=CCC(C)(C(Br)CO)CC3C(O)CC2C2(CO)CC12. The van der Waals surface area contributed by atoms with Crippen molar-refractivity contribution < 1.29 is 24.9 Å². The van der Waals surface area contributed by atoms with Crippen LogP contribution >= 0.6 is 15.9 Å². The van der Waals surface area contributed by atoms with E-state index in [2.05, 4.69) is 35.9 Å². The number of halogens is 1. The first-order valence-corrected chi connectivity index (χ1v) is 11.4. The second-order valence-electron chi connectivity index (χ2n) is 10.3. The summed E-state index contributed by atoms with van der Waals surface area (Å²) in [6.07, 6.45) is 5.70. The van der Waals surface area contributed by atoms with E-state index in [0.717, 1.165) is 25.7 Å². The van der Waals surface area contributed by atoms with E-state index in [1.807, 2.05) is 0 Å². The van der Waals surface area contributed by atoms with E-state index in [9.17, 15) is 20.1 Å². The standard InChI is InChI=1S/C22H33BrO5/c1-12(26)28-17-9-21(3)14-4-5-20(2,19(23)10-24)7-13(14)16(27)6-18(21)22(11-25)8-15(17)22/h4,13,15-19,24-25,27H,5-11H2,1-3H3. The highest BCUT2D eigenvalue weighted by atomic mass is 79.9.